The summed E-state index contributed by atoms with van der Waals surface area (Å²) in [5.74, 6) is -7.77. The van der Waals surface area contributed by atoms with Gasteiger partial charge in [-0.05, 0) is 6.42 Å². The van der Waals surface area contributed by atoms with Crippen molar-refractivity contribution < 1.29 is 33.9 Å². The molecule has 0 spiro atoms. The third-order valence-electron chi connectivity index (χ3n) is 4.08. The fourth-order valence-corrected chi connectivity index (χ4v) is 2.30. The lowest BCUT2D eigenvalue weighted by molar-refractivity contribution is -0.140. The van der Waals surface area contributed by atoms with Gasteiger partial charge in [0.2, 0.25) is 11.6 Å². The summed E-state index contributed by atoms with van der Waals surface area (Å²) < 4.78 is 0. The molecule has 2 aromatic rings. The van der Waals surface area contributed by atoms with Gasteiger partial charge in [0, 0.05) is 11.1 Å². The summed E-state index contributed by atoms with van der Waals surface area (Å²) in [4.78, 5) is 68.9. The van der Waals surface area contributed by atoms with Crippen LogP contribution in [0.2, 0.25) is 0 Å². The third-order valence-corrected chi connectivity index (χ3v) is 4.08. The molecule has 2 rings (SSSR count). The second kappa shape index (κ2) is 12.7. The average molecular weight is 425 g/mol. The van der Waals surface area contributed by atoms with Crippen molar-refractivity contribution in [3.63, 3.8) is 0 Å². The molecule has 0 radical (unpaired) electrons. The van der Waals surface area contributed by atoms with Gasteiger partial charge in [-0.1, -0.05) is 80.4 Å². The molecule has 0 amide bonds. The molecule has 0 saturated heterocycles. The van der Waals surface area contributed by atoms with Crippen LogP contribution in [0.4, 0.5) is 0 Å². The zero-order valence-corrected chi connectivity index (χ0v) is 16.9. The van der Waals surface area contributed by atoms with Crippen LogP contribution in [0.1, 0.15) is 46.9 Å². The maximum absolute atomic E-state index is 11.8. The number of nitrogens with two attached hydrogens (primary N) is 1. The zero-order chi connectivity index (χ0) is 23.4. The molecule has 0 fully saturated rings. The molecule has 0 bridgehead atoms. The smallest absolute Gasteiger partial charge is 0.320 e. The molecule has 1 atom stereocenters. The van der Waals surface area contributed by atoms with Crippen molar-refractivity contribution in [3.8, 4) is 0 Å². The van der Waals surface area contributed by atoms with E-state index in [9.17, 15) is 28.8 Å². The van der Waals surface area contributed by atoms with Gasteiger partial charge in [0.05, 0.1) is 0 Å². The molecule has 0 saturated carbocycles. The molecule has 0 aromatic heterocycles. The second-order valence-corrected chi connectivity index (χ2v) is 6.46. The summed E-state index contributed by atoms with van der Waals surface area (Å²) in [6.07, 6.45) is 2.49. The van der Waals surface area contributed by atoms with E-state index in [4.69, 9.17) is 10.8 Å². The van der Waals surface area contributed by atoms with Crippen molar-refractivity contribution in [2.45, 2.75) is 32.2 Å². The molecule has 0 aliphatic rings. The normalized spacial score (nSPS) is 10.8. The Kier molecular flexibility index (Phi) is 10.4. The summed E-state index contributed by atoms with van der Waals surface area (Å²) in [7, 11) is 0. The molecular weight excluding hydrogens is 402 g/mol. The van der Waals surface area contributed by atoms with Crippen LogP contribution in [0.15, 0.2) is 60.7 Å². The first-order valence-corrected chi connectivity index (χ1v) is 9.51. The minimum atomic E-state index is -1.62. The molecule has 3 N–H and O–H groups in total. The van der Waals surface area contributed by atoms with Crippen molar-refractivity contribution in [1.29, 1.82) is 0 Å². The second-order valence-electron chi connectivity index (χ2n) is 6.46. The number of rotatable bonds is 10. The van der Waals surface area contributed by atoms with E-state index in [0.29, 0.717) is 6.42 Å². The van der Waals surface area contributed by atoms with Crippen molar-refractivity contribution in [2.75, 3.05) is 0 Å². The number of hydrogen-bond acceptors (Lipinski definition) is 7. The van der Waals surface area contributed by atoms with Crippen molar-refractivity contribution in [2.24, 2.45) is 5.73 Å². The van der Waals surface area contributed by atoms with Crippen LogP contribution in [0.3, 0.4) is 0 Å². The van der Waals surface area contributed by atoms with Gasteiger partial charge in [-0.3, -0.25) is 28.8 Å². The van der Waals surface area contributed by atoms with Crippen LogP contribution in [-0.2, 0) is 19.2 Å². The van der Waals surface area contributed by atoms with E-state index in [2.05, 4.69) is 0 Å². The fourth-order valence-electron chi connectivity index (χ4n) is 2.30. The SMILES string of the molecule is CCCC[C@H](N)C(=O)O.O=C(C(=O)C(=O)c1ccccc1)C(=O)C(=O)c1ccccc1. The quantitative estimate of drug-likeness (QED) is 0.334. The first-order chi connectivity index (χ1) is 14.7. The van der Waals surface area contributed by atoms with E-state index in [-0.39, 0.29) is 11.1 Å². The number of benzene rings is 2. The van der Waals surface area contributed by atoms with Gasteiger partial charge >= 0.3 is 5.97 Å². The topological polar surface area (TPSA) is 149 Å². The number of carboxylic acid groups (broad SMARTS) is 1. The number of hydrogen-bond donors (Lipinski definition) is 2. The van der Waals surface area contributed by atoms with Gasteiger partial charge in [-0.15, -0.1) is 0 Å². The lowest BCUT2D eigenvalue weighted by Gasteiger charge is -2.02. The average Bonchev–Trinajstić information content (AvgIpc) is 2.81. The molecule has 162 valence electrons. The summed E-state index contributed by atoms with van der Waals surface area (Å²) in [5.41, 5.74) is 5.18. The molecule has 0 aliphatic carbocycles. The van der Waals surface area contributed by atoms with Crippen molar-refractivity contribution >= 4 is 34.9 Å². The Balaban J connectivity index is 0.000000452. The van der Waals surface area contributed by atoms with Crippen LogP contribution < -0.4 is 5.73 Å². The Hall–Kier alpha value is -3.78. The summed E-state index contributed by atoms with van der Waals surface area (Å²) in [5, 5.41) is 8.28. The van der Waals surface area contributed by atoms with E-state index in [0.717, 1.165) is 12.8 Å². The Labute approximate surface area is 179 Å². The van der Waals surface area contributed by atoms with E-state index in [1.54, 1.807) is 12.1 Å². The van der Waals surface area contributed by atoms with E-state index in [1.807, 2.05) is 6.92 Å². The Morgan fingerprint density at radius 2 is 1.13 bits per heavy atom. The van der Waals surface area contributed by atoms with Crippen LogP contribution in [0.25, 0.3) is 0 Å². The summed E-state index contributed by atoms with van der Waals surface area (Å²) in [6.45, 7) is 2.01. The molecule has 0 unspecified atom stereocenters. The Bertz CT molecular complexity index is 887. The van der Waals surface area contributed by atoms with Crippen LogP contribution in [0.5, 0.6) is 0 Å². The number of unbranched alkanes of at least 4 members (excludes halogenated alkanes) is 1. The van der Waals surface area contributed by atoms with E-state index < -0.39 is 40.9 Å². The maximum Gasteiger partial charge on any atom is 0.320 e. The van der Waals surface area contributed by atoms with Gasteiger partial charge in [0.15, 0.2) is 0 Å². The molecular formula is C23H23NO7. The van der Waals surface area contributed by atoms with Crippen molar-refractivity contribution in [1.82, 2.24) is 0 Å². The Morgan fingerprint density at radius 3 is 1.45 bits per heavy atom. The minimum Gasteiger partial charge on any atom is -0.480 e. The lowest BCUT2D eigenvalue weighted by atomic mass is 9.98. The van der Waals surface area contributed by atoms with Crippen LogP contribution in [-0.4, -0.2) is 46.0 Å². The zero-order valence-electron chi connectivity index (χ0n) is 16.9. The number of carbonyl (C=O) groups is 6. The van der Waals surface area contributed by atoms with Gasteiger partial charge in [-0.2, -0.15) is 0 Å². The monoisotopic (exact) mass is 425 g/mol. The minimum absolute atomic E-state index is 0.0131. The van der Waals surface area contributed by atoms with Gasteiger partial charge in [0.25, 0.3) is 17.3 Å². The van der Waals surface area contributed by atoms with E-state index in [1.165, 1.54) is 48.5 Å². The number of ketones is 5. The third kappa shape index (κ3) is 7.87. The van der Waals surface area contributed by atoms with Crippen molar-refractivity contribution in [3.05, 3.63) is 71.8 Å². The molecule has 8 heteroatoms. The largest absolute Gasteiger partial charge is 0.480 e. The highest BCUT2D eigenvalue weighted by atomic mass is 16.4. The number of aliphatic carboxylic acids is 1. The summed E-state index contributed by atoms with van der Waals surface area (Å²) >= 11 is 0. The first kappa shape index (κ1) is 25.3. The Morgan fingerprint density at radius 1 is 0.742 bits per heavy atom. The summed E-state index contributed by atoms with van der Waals surface area (Å²) in [6, 6.07) is 14.0. The molecule has 0 heterocycles. The lowest BCUT2D eigenvalue weighted by Crippen LogP contribution is -2.34. The van der Waals surface area contributed by atoms with Crippen LogP contribution in [0, 0.1) is 0 Å². The highest BCUT2D eigenvalue weighted by Crippen LogP contribution is 2.05. The fraction of sp³-hybridized carbons (Fsp3) is 0.217. The highest BCUT2D eigenvalue weighted by Gasteiger charge is 2.33. The van der Waals surface area contributed by atoms with Gasteiger partial charge < -0.3 is 10.8 Å². The maximum atomic E-state index is 11.8. The molecule has 2 aromatic carbocycles. The van der Waals surface area contributed by atoms with E-state index >= 15 is 0 Å². The highest BCUT2D eigenvalue weighted by molar-refractivity contribution is 6.88. The van der Waals surface area contributed by atoms with Crippen LogP contribution >= 0.6 is 0 Å². The standard InChI is InChI=1S/C17H10O5.C6H13NO2/c18-13(11-7-3-1-4-8-11)15(20)17(22)16(21)14(19)12-9-5-2-6-10-12;1-2-3-4-5(7)6(8)9/h1-10H;5H,2-4,7H2,1H3,(H,8,9)/t;5-/m.0/s1. The number of carboxylic acids is 1. The predicted octanol–water partition coefficient (Wildman–Crippen LogP) is 2.05. The molecule has 0 aliphatic heterocycles. The number of carbonyl (C=O) groups excluding carboxylic acids is 5. The first-order valence-electron chi connectivity index (χ1n) is 9.51. The molecule has 31 heavy (non-hydrogen) atoms. The van der Waals surface area contributed by atoms with Gasteiger partial charge in [-0.25, -0.2) is 0 Å². The number of Topliss-reactive ketones (excluding diaryl/α,β-unsaturated/α-hetero) is 5. The van der Waals surface area contributed by atoms with Gasteiger partial charge in [0.1, 0.15) is 6.04 Å². The molecule has 8 nitrogen and oxygen atoms in total. The predicted molar refractivity (Wildman–Crippen MR) is 112 cm³/mol.